The Balaban J connectivity index is 1.62. The van der Waals surface area contributed by atoms with Gasteiger partial charge in [-0.25, -0.2) is 0 Å². The number of nitrogens with zero attached hydrogens (tertiary/aromatic N) is 2. The molecule has 0 saturated carbocycles. The van der Waals surface area contributed by atoms with Crippen molar-refractivity contribution in [2.75, 3.05) is 13.1 Å². The monoisotopic (exact) mass is 341 g/mol. The summed E-state index contributed by atoms with van der Waals surface area (Å²) in [6.07, 6.45) is 11.1. The van der Waals surface area contributed by atoms with Gasteiger partial charge in [-0.05, 0) is 63.6 Å². The van der Waals surface area contributed by atoms with Gasteiger partial charge in [-0.3, -0.25) is 14.7 Å². The zero-order valence-electron chi connectivity index (χ0n) is 15.8. The molecule has 4 nitrogen and oxygen atoms in total. The number of hydrogen-bond acceptors (Lipinski definition) is 3. The minimum absolute atomic E-state index is 0.198. The lowest BCUT2D eigenvalue weighted by molar-refractivity contribution is -0.133. The first-order valence-electron chi connectivity index (χ1n) is 9.63. The van der Waals surface area contributed by atoms with Crippen LogP contribution in [0, 0.1) is 5.41 Å². The number of rotatable bonds is 7. The molecule has 2 aliphatic rings. The minimum Gasteiger partial charge on any atom is -0.355 e. The van der Waals surface area contributed by atoms with Gasteiger partial charge in [0, 0.05) is 37.6 Å². The quantitative estimate of drug-likeness (QED) is 0.774. The highest BCUT2D eigenvalue weighted by Gasteiger charge is 2.58. The minimum atomic E-state index is -0.198. The summed E-state index contributed by atoms with van der Waals surface area (Å²) in [6.45, 7) is 8.18. The molecule has 4 heteroatoms. The van der Waals surface area contributed by atoms with Gasteiger partial charge in [-0.1, -0.05) is 18.6 Å². The average Bonchev–Trinajstić information content (AvgIpc) is 3.16. The highest BCUT2D eigenvalue weighted by molar-refractivity contribution is 5.84. The second-order valence-electron chi connectivity index (χ2n) is 7.80. The molecule has 25 heavy (non-hydrogen) atoms. The van der Waals surface area contributed by atoms with Crippen LogP contribution in [-0.4, -0.2) is 41.0 Å². The first-order chi connectivity index (χ1) is 12.1. The molecule has 3 heterocycles. The van der Waals surface area contributed by atoms with E-state index in [0.717, 1.165) is 32.2 Å². The van der Waals surface area contributed by atoms with Crippen molar-refractivity contribution < 1.29 is 4.79 Å². The van der Waals surface area contributed by atoms with Crippen molar-refractivity contribution in [1.82, 2.24) is 15.2 Å². The number of allylic oxidation sites excluding steroid dienone is 1. The molecule has 1 aromatic rings. The largest absolute Gasteiger partial charge is 0.355 e. The van der Waals surface area contributed by atoms with Crippen molar-refractivity contribution >= 4 is 5.91 Å². The van der Waals surface area contributed by atoms with Crippen LogP contribution in [0.25, 0.3) is 0 Å². The van der Waals surface area contributed by atoms with Gasteiger partial charge in [0.25, 0.3) is 0 Å². The number of nitrogens with one attached hydrogen (secondary N) is 1. The zero-order valence-corrected chi connectivity index (χ0v) is 15.8. The van der Waals surface area contributed by atoms with E-state index in [1.165, 1.54) is 17.6 Å². The Labute approximate surface area is 151 Å². The van der Waals surface area contributed by atoms with Gasteiger partial charge in [0.2, 0.25) is 5.91 Å². The third kappa shape index (κ3) is 3.64. The summed E-state index contributed by atoms with van der Waals surface area (Å²) in [5, 5.41) is 3.23. The summed E-state index contributed by atoms with van der Waals surface area (Å²) in [7, 11) is 0. The number of hydrogen-bond donors (Lipinski definition) is 1. The fraction of sp³-hybridized carbons (Fsp3) is 0.619. The van der Waals surface area contributed by atoms with E-state index in [4.69, 9.17) is 0 Å². The summed E-state index contributed by atoms with van der Waals surface area (Å²) >= 11 is 0. The average molecular weight is 341 g/mol. The number of aromatic nitrogens is 1. The van der Waals surface area contributed by atoms with E-state index in [-0.39, 0.29) is 11.3 Å². The highest BCUT2D eigenvalue weighted by atomic mass is 16.2. The van der Waals surface area contributed by atoms with E-state index in [0.29, 0.717) is 18.6 Å². The Hall–Kier alpha value is -1.68. The normalized spacial score (nSPS) is 28.1. The number of carbonyl (C=O) groups is 1. The summed E-state index contributed by atoms with van der Waals surface area (Å²) in [5.41, 5.74) is 2.38. The molecule has 2 bridgehead atoms. The van der Waals surface area contributed by atoms with Crippen LogP contribution < -0.4 is 5.32 Å². The molecular weight excluding hydrogens is 310 g/mol. The summed E-state index contributed by atoms with van der Waals surface area (Å²) in [5.74, 6) is 0.262. The van der Waals surface area contributed by atoms with Gasteiger partial charge in [0.05, 0.1) is 5.41 Å². The molecule has 2 saturated heterocycles. The van der Waals surface area contributed by atoms with Crippen LogP contribution in [0.2, 0.25) is 0 Å². The second-order valence-corrected chi connectivity index (χ2v) is 7.80. The van der Waals surface area contributed by atoms with E-state index in [1.54, 1.807) is 0 Å². The van der Waals surface area contributed by atoms with Crippen molar-refractivity contribution in [2.24, 2.45) is 5.41 Å². The molecule has 1 amide bonds. The second kappa shape index (κ2) is 7.69. The van der Waals surface area contributed by atoms with E-state index in [9.17, 15) is 4.79 Å². The van der Waals surface area contributed by atoms with Crippen LogP contribution >= 0.6 is 0 Å². The highest BCUT2D eigenvalue weighted by Crippen LogP contribution is 2.51. The van der Waals surface area contributed by atoms with Crippen LogP contribution in [0.1, 0.15) is 52.0 Å². The van der Waals surface area contributed by atoms with Crippen LogP contribution in [0.3, 0.4) is 0 Å². The van der Waals surface area contributed by atoms with E-state index in [2.05, 4.69) is 42.0 Å². The van der Waals surface area contributed by atoms with Gasteiger partial charge < -0.3 is 5.32 Å². The molecule has 2 aliphatic heterocycles. The maximum Gasteiger partial charge on any atom is 0.227 e. The molecule has 136 valence electrons. The molecular formula is C21H31N3O. The Kier molecular flexibility index (Phi) is 5.57. The van der Waals surface area contributed by atoms with Crippen molar-refractivity contribution in [3.05, 3.63) is 41.7 Å². The molecule has 0 unspecified atom stereocenters. The Morgan fingerprint density at radius 1 is 1.36 bits per heavy atom. The number of amides is 1. The van der Waals surface area contributed by atoms with E-state index >= 15 is 0 Å². The lowest BCUT2D eigenvalue weighted by atomic mass is 9.71. The standard InChI is InChI=1S/C21H31N3O/c1-4-21(20(25)23-13-9-17-7-11-22-12-8-17)15-18-5-6-19(21)24(18)14-10-16(2)3/h7-8,10-12,18-19H,4-6,9,13-15H2,1-3H3,(H,23,25)/t18-,19+,21+/m0/s1. The summed E-state index contributed by atoms with van der Waals surface area (Å²) in [6, 6.07) is 5.01. The molecule has 0 aromatic carbocycles. The lowest BCUT2D eigenvalue weighted by Crippen LogP contribution is -2.49. The molecule has 0 radical (unpaired) electrons. The Bertz CT molecular complexity index is 623. The number of fused-ring (bicyclic) bond motifs is 2. The summed E-state index contributed by atoms with van der Waals surface area (Å²) < 4.78 is 0. The fourth-order valence-electron chi connectivity index (χ4n) is 4.70. The van der Waals surface area contributed by atoms with Crippen molar-refractivity contribution in [1.29, 1.82) is 0 Å². The van der Waals surface area contributed by atoms with Gasteiger partial charge in [-0.2, -0.15) is 0 Å². The summed E-state index contributed by atoms with van der Waals surface area (Å²) in [4.78, 5) is 19.7. The molecule has 1 aromatic heterocycles. The van der Waals surface area contributed by atoms with Gasteiger partial charge in [0.1, 0.15) is 0 Å². The molecule has 3 rings (SSSR count). The van der Waals surface area contributed by atoms with Crippen LogP contribution in [-0.2, 0) is 11.2 Å². The molecule has 3 atom stereocenters. The Morgan fingerprint density at radius 2 is 2.12 bits per heavy atom. The number of pyridine rings is 1. The first kappa shape index (κ1) is 18.1. The van der Waals surface area contributed by atoms with E-state index in [1.807, 2.05) is 24.5 Å². The van der Waals surface area contributed by atoms with Crippen molar-refractivity contribution in [2.45, 2.75) is 65.0 Å². The molecule has 2 fully saturated rings. The molecule has 1 N–H and O–H groups in total. The predicted molar refractivity (Wildman–Crippen MR) is 101 cm³/mol. The third-order valence-corrected chi connectivity index (χ3v) is 6.12. The Morgan fingerprint density at radius 3 is 2.80 bits per heavy atom. The SMILES string of the molecule is CC[C@@]1(C(=O)NCCc2ccncc2)C[C@@H]2CC[C@H]1N2CC=C(C)C. The lowest BCUT2D eigenvalue weighted by Gasteiger charge is -2.35. The predicted octanol–water partition coefficient (Wildman–Crippen LogP) is 3.34. The maximum atomic E-state index is 13.1. The van der Waals surface area contributed by atoms with E-state index < -0.39 is 0 Å². The van der Waals surface area contributed by atoms with Gasteiger partial charge in [-0.15, -0.1) is 0 Å². The van der Waals surface area contributed by atoms with Gasteiger partial charge in [0.15, 0.2) is 0 Å². The smallest absolute Gasteiger partial charge is 0.227 e. The van der Waals surface area contributed by atoms with Crippen LogP contribution in [0.15, 0.2) is 36.2 Å². The third-order valence-electron chi connectivity index (χ3n) is 6.12. The van der Waals surface area contributed by atoms with Crippen molar-refractivity contribution in [3.8, 4) is 0 Å². The number of carbonyl (C=O) groups excluding carboxylic acids is 1. The van der Waals surface area contributed by atoms with Crippen molar-refractivity contribution in [3.63, 3.8) is 0 Å². The maximum absolute atomic E-state index is 13.1. The fourth-order valence-corrected chi connectivity index (χ4v) is 4.70. The van der Waals surface area contributed by atoms with Gasteiger partial charge >= 0.3 is 0 Å². The molecule has 0 aliphatic carbocycles. The first-order valence-corrected chi connectivity index (χ1v) is 9.63. The molecule has 0 spiro atoms. The van der Waals surface area contributed by atoms with Crippen LogP contribution in [0.4, 0.5) is 0 Å². The topological polar surface area (TPSA) is 45.2 Å². The zero-order chi connectivity index (χ0) is 17.9. The van der Waals surface area contributed by atoms with Crippen LogP contribution in [0.5, 0.6) is 0 Å².